The largest absolute Gasteiger partial charge is 0.353 e. The molecule has 0 aliphatic heterocycles. The lowest BCUT2D eigenvalue weighted by Crippen LogP contribution is -2.38. The first-order valence-electron chi connectivity index (χ1n) is 8.86. The van der Waals surface area contributed by atoms with Crippen molar-refractivity contribution in [3.05, 3.63) is 0 Å². The first-order valence-corrected chi connectivity index (χ1v) is 8.86. The lowest BCUT2D eigenvalue weighted by molar-refractivity contribution is -0.122. The Labute approximate surface area is 131 Å². The predicted molar refractivity (Wildman–Crippen MR) is 90.0 cm³/mol. The van der Waals surface area contributed by atoms with Gasteiger partial charge in [0.2, 0.25) is 5.91 Å². The standard InChI is InChI=1S/C18H36N2O/c1-5-14-7-6-8-16(13-14)20-17(21)10-9-15(11-12-19)18(2,3)4/h14-16H,5-13,19H2,1-4H3,(H,20,21). The van der Waals surface area contributed by atoms with Crippen LogP contribution in [0, 0.1) is 17.3 Å². The molecule has 0 aromatic rings. The number of rotatable bonds is 7. The molecule has 0 spiro atoms. The van der Waals surface area contributed by atoms with Gasteiger partial charge in [0.1, 0.15) is 0 Å². The number of carbonyl (C=O) groups is 1. The van der Waals surface area contributed by atoms with Gasteiger partial charge < -0.3 is 11.1 Å². The molecule has 0 aromatic carbocycles. The summed E-state index contributed by atoms with van der Waals surface area (Å²) < 4.78 is 0. The van der Waals surface area contributed by atoms with Crippen molar-refractivity contribution in [2.45, 2.75) is 85.1 Å². The first-order chi connectivity index (χ1) is 9.86. The molecular formula is C18H36N2O. The van der Waals surface area contributed by atoms with Crippen LogP contribution in [0.4, 0.5) is 0 Å². The Morgan fingerprint density at radius 3 is 2.57 bits per heavy atom. The Morgan fingerprint density at radius 2 is 2.00 bits per heavy atom. The zero-order valence-corrected chi connectivity index (χ0v) is 14.6. The molecular weight excluding hydrogens is 260 g/mol. The highest BCUT2D eigenvalue weighted by molar-refractivity contribution is 5.76. The first kappa shape index (κ1) is 18.5. The molecule has 3 unspecified atom stereocenters. The van der Waals surface area contributed by atoms with Crippen LogP contribution >= 0.6 is 0 Å². The van der Waals surface area contributed by atoms with Gasteiger partial charge in [-0.25, -0.2) is 0 Å². The van der Waals surface area contributed by atoms with Crippen LogP contribution in [0.25, 0.3) is 0 Å². The van der Waals surface area contributed by atoms with Gasteiger partial charge >= 0.3 is 0 Å². The summed E-state index contributed by atoms with van der Waals surface area (Å²) in [6.07, 6.45) is 8.80. The summed E-state index contributed by atoms with van der Waals surface area (Å²) in [6.45, 7) is 9.72. The van der Waals surface area contributed by atoms with Crippen LogP contribution in [0.1, 0.15) is 79.1 Å². The van der Waals surface area contributed by atoms with Gasteiger partial charge in [0.05, 0.1) is 0 Å². The fourth-order valence-corrected chi connectivity index (χ4v) is 3.61. The summed E-state index contributed by atoms with van der Waals surface area (Å²) in [5.74, 6) is 1.58. The molecule has 3 heteroatoms. The second-order valence-corrected chi connectivity index (χ2v) is 7.88. The van der Waals surface area contributed by atoms with Crippen molar-refractivity contribution in [2.75, 3.05) is 6.54 Å². The SMILES string of the molecule is CCC1CCCC(NC(=O)CCC(CCN)C(C)(C)C)C1. The fraction of sp³-hybridized carbons (Fsp3) is 0.944. The highest BCUT2D eigenvalue weighted by atomic mass is 16.1. The van der Waals surface area contributed by atoms with Crippen LogP contribution in [-0.2, 0) is 4.79 Å². The average molecular weight is 296 g/mol. The number of hydrogen-bond acceptors (Lipinski definition) is 2. The van der Waals surface area contributed by atoms with E-state index < -0.39 is 0 Å². The van der Waals surface area contributed by atoms with Gasteiger partial charge in [-0.1, -0.05) is 47.0 Å². The van der Waals surface area contributed by atoms with Crippen LogP contribution in [0.5, 0.6) is 0 Å². The number of carbonyl (C=O) groups excluding carboxylic acids is 1. The number of amides is 1. The van der Waals surface area contributed by atoms with Crippen molar-refractivity contribution in [1.29, 1.82) is 0 Å². The number of hydrogen-bond donors (Lipinski definition) is 2. The molecule has 0 radical (unpaired) electrons. The van der Waals surface area contributed by atoms with E-state index >= 15 is 0 Å². The van der Waals surface area contributed by atoms with Gasteiger partial charge in [-0.05, 0) is 49.5 Å². The third kappa shape index (κ3) is 6.82. The number of nitrogens with two attached hydrogens (primary N) is 1. The summed E-state index contributed by atoms with van der Waals surface area (Å²) in [5, 5.41) is 3.26. The Hall–Kier alpha value is -0.570. The Kier molecular flexibility index (Phi) is 7.72. The van der Waals surface area contributed by atoms with Crippen molar-refractivity contribution in [3.8, 4) is 0 Å². The summed E-state index contributed by atoms with van der Waals surface area (Å²) in [6, 6.07) is 0.416. The third-order valence-corrected chi connectivity index (χ3v) is 5.19. The maximum Gasteiger partial charge on any atom is 0.220 e. The molecule has 3 atom stereocenters. The molecule has 3 N–H and O–H groups in total. The van der Waals surface area contributed by atoms with Crippen LogP contribution in [0.2, 0.25) is 0 Å². The monoisotopic (exact) mass is 296 g/mol. The lowest BCUT2D eigenvalue weighted by atomic mass is 9.76. The van der Waals surface area contributed by atoms with E-state index in [1.807, 2.05) is 0 Å². The van der Waals surface area contributed by atoms with Crippen LogP contribution < -0.4 is 11.1 Å². The zero-order valence-electron chi connectivity index (χ0n) is 14.6. The summed E-state index contributed by atoms with van der Waals surface area (Å²) in [4.78, 5) is 12.2. The Morgan fingerprint density at radius 1 is 1.29 bits per heavy atom. The zero-order chi connectivity index (χ0) is 15.9. The van der Waals surface area contributed by atoms with Gasteiger partial charge in [-0.3, -0.25) is 4.79 Å². The van der Waals surface area contributed by atoms with Crippen molar-refractivity contribution < 1.29 is 4.79 Å². The minimum Gasteiger partial charge on any atom is -0.353 e. The van der Waals surface area contributed by atoms with E-state index in [0.717, 1.165) is 25.2 Å². The Bertz CT molecular complexity index is 309. The number of nitrogens with one attached hydrogen (secondary N) is 1. The van der Waals surface area contributed by atoms with E-state index in [9.17, 15) is 4.79 Å². The fourth-order valence-electron chi connectivity index (χ4n) is 3.61. The maximum atomic E-state index is 12.2. The Balaban J connectivity index is 2.35. The van der Waals surface area contributed by atoms with Crippen molar-refractivity contribution in [3.63, 3.8) is 0 Å². The van der Waals surface area contributed by atoms with Gasteiger partial charge in [-0.2, -0.15) is 0 Å². The quantitative estimate of drug-likeness (QED) is 0.749. The molecule has 1 aliphatic rings. The van der Waals surface area contributed by atoms with E-state index in [0.29, 0.717) is 24.9 Å². The van der Waals surface area contributed by atoms with Crippen molar-refractivity contribution in [1.82, 2.24) is 5.32 Å². The third-order valence-electron chi connectivity index (χ3n) is 5.19. The van der Waals surface area contributed by atoms with Gasteiger partial charge in [0.25, 0.3) is 0 Å². The molecule has 1 amide bonds. The predicted octanol–water partition coefficient (Wildman–Crippen LogP) is 3.86. The van der Waals surface area contributed by atoms with E-state index in [1.165, 1.54) is 25.7 Å². The molecule has 21 heavy (non-hydrogen) atoms. The average Bonchev–Trinajstić information content (AvgIpc) is 2.42. The van der Waals surface area contributed by atoms with E-state index in [1.54, 1.807) is 0 Å². The van der Waals surface area contributed by atoms with E-state index in [2.05, 4.69) is 33.0 Å². The summed E-state index contributed by atoms with van der Waals surface area (Å²) in [7, 11) is 0. The van der Waals surface area contributed by atoms with Crippen LogP contribution in [0.15, 0.2) is 0 Å². The molecule has 0 saturated heterocycles. The van der Waals surface area contributed by atoms with Crippen molar-refractivity contribution in [2.24, 2.45) is 23.0 Å². The highest BCUT2D eigenvalue weighted by Gasteiger charge is 2.26. The molecule has 124 valence electrons. The molecule has 3 nitrogen and oxygen atoms in total. The van der Waals surface area contributed by atoms with Crippen molar-refractivity contribution >= 4 is 5.91 Å². The lowest BCUT2D eigenvalue weighted by Gasteiger charge is -2.31. The van der Waals surface area contributed by atoms with Gasteiger partial charge in [0.15, 0.2) is 0 Å². The summed E-state index contributed by atoms with van der Waals surface area (Å²) >= 11 is 0. The maximum absolute atomic E-state index is 12.2. The molecule has 0 aromatic heterocycles. The molecule has 1 fully saturated rings. The van der Waals surface area contributed by atoms with E-state index in [4.69, 9.17) is 5.73 Å². The highest BCUT2D eigenvalue weighted by Crippen LogP contribution is 2.32. The van der Waals surface area contributed by atoms with Gasteiger partial charge in [-0.15, -0.1) is 0 Å². The van der Waals surface area contributed by atoms with Crippen LogP contribution in [0.3, 0.4) is 0 Å². The summed E-state index contributed by atoms with van der Waals surface area (Å²) in [5.41, 5.74) is 5.95. The molecule has 1 aliphatic carbocycles. The topological polar surface area (TPSA) is 55.1 Å². The second kappa shape index (κ2) is 8.77. The molecule has 1 rings (SSSR count). The smallest absolute Gasteiger partial charge is 0.220 e. The van der Waals surface area contributed by atoms with Crippen LogP contribution in [-0.4, -0.2) is 18.5 Å². The minimum absolute atomic E-state index is 0.234. The van der Waals surface area contributed by atoms with Gasteiger partial charge in [0, 0.05) is 12.5 Å². The van der Waals surface area contributed by atoms with E-state index in [-0.39, 0.29) is 11.3 Å². The second-order valence-electron chi connectivity index (χ2n) is 7.88. The normalized spacial score (nSPS) is 24.6. The molecule has 0 bridgehead atoms. The minimum atomic E-state index is 0.234. The molecule has 0 heterocycles. The molecule has 1 saturated carbocycles.